The molecule has 0 aromatic heterocycles. The highest BCUT2D eigenvalue weighted by Crippen LogP contribution is 2.30. The molecule has 2 nitrogen and oxygen atoms in total. The summed E-state index contributed by atoms with van der Waals surface area (Å²) in [4.78, 5) is 10.8. The quantitative estimate of drug-likeness (QED) is 0.645. The first-order chi connectivity index (χ1) is 9.96. The van der Waals surface area contributed by atoms with E-state index in [0.29, 0.717) is 11.3 Å². The van der Waals surface area contributed by atoms with Gasteiger partial charge in [-0.05, 0) is 63.7 Å². The Kier molecular flexibility index (Phi) is 4.84. The van der Waals surface area contributed by atoms with Crippen molar-refractivity contribution < 1.29 is 9.53 Å². The number of ether oxygens (including phenoxy) is 1. The monoisotopic (exact) mass is 346 g/mol. The van der Waals surface area contributed by atoms with Gasteiger partial charge in [-0.25, -0.2) is 0 Å². The van der Waals surface area contributed by atoms with Crippen LogP contribution in [0.2, 0.25) is 0 Å². The predicted molar refractivity (Wildman–Crippen MR) is 89.4 cm³/mol. The van der Waals surface area contributed by atoms with Gasteiger partial charge in [0.1, 0.15) is 11.5 Å². The van der Waals surface area contributed by atoms with Gasteiger partial charge in [-0.15, -0.1) is 0 Å². The fourth-order valence-corrected chi connectivity index (χ4v) is 2.43. The third kappa shape index (κ3) is 3.73. The van der Waals surface area contributed by atoms with E-state index in [0.717, 1.165) is 22.9 Å². The Labute approximate surface area is 134 Å². The number of carbonyl (C=O) groups is 1. The molecular formula is C18H19BrO2. The Bertz CT molecular complexity index is 630. The fraction of sp³-hybridized carbons (Fsp3) is 0.278. The summed E-state index contributed by atoms with van der Waals surface area (Å²) in [5.41, 5.74) is 2.09. The van der Waals surface area contributed by atoms with Gasteiger partial charge < -0.3 is 4.74 Å². The van der Waals surface area contributed by atoms with E-state index in [1.54, 1.807) is 18.2 Å². The normalized spacial score (nSPS) is 11.2. The van der Waals surface area contributed by atoms with Crippen LogP contribution in [-0.4, -0.2) is 6.29 Å². The molecule has 2 rings (SSSR count). The number of carbonyl (C=O) groups excluding carboxylic acids is 1. The molecule has 0 radical (unpaired) electrons. The molecule has 21 heavy (non-hydrogen) atoms. The van der Waals surface area contributed by atoms with Crippen molar-refractivity contribution in [3.8, 4) is 11.5 Å². The van der Waals surface area contributed by atoms with Crippen molar-refractivity contribution in [3.63, 3.8) is 0 Å². The second-order valence-electron chi connectivity index (χ2n) is 5.67. The van der Waals surface area contributed by atoms with E-state index in [2.05, 4.69) is 48.8 Å². The summed E-state index contributed by atoms with van der Waals surface area (Å²) in [6.07, 6.45) is 1.91. The molecular weight excluding hydrogens is 328 g/mol. The lowest BCUT2D eigenvalue weighted by molar-refractivity contribution is 0.112. The molecule has 0 atom stereocenters. The Hall–Kier alpha value is -1.61. The van der Waals surface area contributed by atoms with E-state index in [-0.39, 0.29) is 5.41 Å². The van der Waals surface area contributed by atoms with E-state index in [9.17, 15) is 4.79 Å². The Morgan fingerprint density at radius 2 is 1.71 bits per heavy atom. The molecule has 0 aliphatic heterocycles. The second kappa shape index (κ2) is 6.44. The van der Waals surface area contributed by atoms with Crippen LogP contribution in [0.25, 0.3) is 0 Å². The molecule has 0 saturated heterocycles. The average molecular weight is 347 g/mol. The van der Waals surface area contributed by atoms with E-state index < -0.39 is 0 Å². The zero-order valence-corrected chi connectivity index (χ0v) is 14.1. The molecule has 0 aliphatic rings. The van der Waals surface area contributed by atoms with Gasteiger partial charge >= 0.3 is 0 Å². The van der Waals surface area contributed by atoms with Crippen LogP contribution in [0.4, 0.5) is 0 Å². The highest BCUT2D eigenvalue weighted by molar-refractivity contribution is 9.10. The van der Waals surface area contributed by atoms with Crippen LogP contribution in [0.15, 0.2) is 46.9 Å². The number of benzene rings is 2. The lowest BCUT2D eigenvalue weighted by Crippen LogP contribution is -2.14. The molecule has 110 valence electrons. The summed E-state index contributed by atoms with van der Waals surface area (Å²) in [6, 6.07) is 13.5. The average Bonchev–Trinajstić information content (AvgIpc) is 2.48. The smallest absolute Gasteiger partial charge is 0.151 e. The number of hydrogen-bond acceptors (Lipinski definition) is 2. The lowest BCUT2D eigenvalue weighted by atomic mass is 9.82. The summed E-state index contributed by atoms with van der Waals surface area (Å²) in [7, 11) is 0. The van der Waals surface area contributed by atoms with Gasteiger partial charge in [0.05, 0.1) is 0 Å². The first kappa shape index (κ1) is 15.8. The Morgan fingerprint density at radius 1 is 1.10 bits per heavy atom. The minimum Gasteiger partial charge on any atom is -0.457 e. The molecule has 2 aromatic carbocycles. The van der Waals surface area contributed by atoms with Crippen molar-refractivity contribution in [2.24, 2.45) is 0 Å². The number of hydrogen-bond donors (Lipinski definition) is 0. The van der Waals surface area contributed by atoms with Crippen LogP contribution in [-0.2, 0) is 5.41 Å². The molecule has 0 amide bonds. The van der Waals surface area contributed by atoms with Crippen molar-refractivity contribution in [2.75, 3.05) is 0 Å². The van der Waals surface area contributed by atoms with Crippen molar-refractivity contribution in [3.05, 3.63) is 58.1 Å². The third-order valence-corrected chi connectivity index (χ3v) is 4.54. The zero-order chi connectivity index (χ0) is 15.5. The van der Waals surface area contributed by atoms with Gasteiger partial charge in [-0.3, -0.25) is 4.79 Å². The van der Waals surface area contributed by atoms with Crippen LogP contribution >= 0.6 is 15.9 Å². The second-order valence-corrected chi connectivity index (χ2v) is 6.52. The largest absolute Gasteiger partial charge is 0.457 e. The number of aldehydes is 1. The van der Waals surface area contributed by atoms with Crippen molar-refractivity contribution in [1.29, 1.82) is 0 Å². The van der Waals surface area contributed by atoms with Gasteiger partial charge in [0.2, 0.25) is 0 Å². The van der Waals surface area contributed by atoms with Crippen LogP contribution in [0, 0.1) is 0 Å². The first-order valence-electron chi connectivity index (χ1n) is 6.99. The van der Waals surface area contributed by atoms with Crippen LogP contribution in [0.5, 0.6) is 11.5 Å². The molecule has 3 heteroatoms. The van der Waals surface area contributed by atoms with Crippen molar-refractivity contribution >= 4 is 22.2 Å². The third-order valence-electron chi connectivity index (χ3n) is 3.85. The van der Waals surface area contributed by atoms with E-state index in [4.69, 9.17) is 4.74 Å². The van der Waals surface area contributed by atoms with Crippen LogP contribution in [0.1, 0.15) is 43.1 Å². The molecule has 0 aliphatic carbocycles. The highest BCUT2D eigenvalue weighted by atomic mass is 79.9. The van der Waals surface area contributed by atoms with Crippen LogP contribution < -0.4 is 4.74 Å². The Morgan fingerprint density at radius 3 is 2.24 bits per heavy atom. The molecule has 0 fully saturated rings. The fourth-order valence-electron chi connectivity index (χ4n) is 1.98. The molecule has 2 aromatic rings. The molecule has 0 unspecified atom stereocenters. The number of rotatable bonds is 5. The summed E-state index contributed by atoms with van der Waals surface area (Å²) < 4.78 is 6.55. The maximum atomic E-state index is 10.8. The standard InChI is InChI=1S/C18H19BrO2/c1-4-18(2,3)14-6-9-15(10-7-14)21-16-8-5-13(12-20)17(19)11-16/h5-12H,4H2,1-3H3. The van der Waals surface area contributed by atoms with Gasteiger partial charge in [-0.1, -0.05) is 32.9 Å². The number of halogens is 1. The minimum atomic E-state index is 0.174. The summed E-state index contributed by atoms with van der Waals surface area (Å²) >= 11 is 3.36. The minimum absolute atomic E-state index is 0.174. The molecule has 0 spiro atoms. The van der Waals surface area contributed by atoms with Gasteiger partial charge in [-0.2, -0.15) is 0 Å². The molecule has 0 bridgehead atoms. The van der Waals surface area contributed by atoms with E-state index in [1.807, 2.05) is 12.1 Å². The van der Waals surface area contributed by atoms with E-state index >= 15 is 0 Å². The van der Waals surface area contributed by atoms with Gasteiger partial charge in [0.15, 0.2) is 6.29 Å². The molecule has 0 saturated carbocycles. The predicted octanol–water partition coefficient (Wildman–Crippen LogP) is 5.74. The van der Waals surface area contributed by atoms with Gasteiger partial charge in [0, 0.05) is 10.0 Å². The van der Waals surface area contributed by atoms with E-state index in [1.165, 1.54) is 5.56 Å². The van der Waals surface area contributed by atoms with Crippen LogP contribution in [0.3, 0.4) is 0 Å². The maximum absolute atomic E-state index is 10.8. The zero-order valence-electron chi connectivity index (χ0n) is 12.5. The highest BCUT2D eigenvalue weighted by Gasteiger charge is 2.17. The molecule has 0 N–H and O–H groups in total. The first-order valence-corrected chi connectivity index (χ1v) is 7.78. The molecule has 0 heterocycles. The summed E-state index contributed by atoms with van der Waals surface area (Å²) in [5, 5.41) is 0. The lowest BCUT2D eigenvalue weighted by Gasteiger charge is -2.23. The topological polar surface area (TPSA) is 26.3 Å². The maximum Gasteiger partial charge on any atom is 0.151 e. The summed E-state index contributed by atoms with van der Waals surface area (Å²) in [6.45, 7) is 6.66. The SMILES string of the molecule is CCC(C)(C)c1ccc(Oc2ccc(C=O)c(Br)c2)cc1. The summed E-state index contributed by atoms with van der Waals surface area (Å²) in [5.74, 6) is 1.49. The van der Waals surface area contributed by atoms with Crippen molar-refractivity contribution in [1.82, 2.24) is 0 Å². The van der Waals surface area contributed by atoms with Crippen molar-refractivity contribution in [2.45, 2.75) is 32.6 Å². The van der Waals surface area contributed by atoms with Gasteiger partial charge in [0.25, 0.3) is 0 Å². The Balaban J connectivity index is 2.17.